The first-order valence-corrected chi connectivity index (χ1v) is 11.6. The van der Waals surface area contributed by atoms with Crippen LogP contribution < -0.4 is 15.8 Å². The molecule has 186 valence electrons. The Kier molecular flexibility index (Phi) is 9.20. The zero-order chi connectivity index (χ0) is 25.4. The molecule has 35 heavy (non-hydrogen) atoms. The molecule has 0 radical (unpaired) electrons. The van der Waals surface area contributed by atoms with Gasteiger partial charge in [-0.25, -0.2) is 0 Å². The van der Waals surface area contributed by atoms with Crippen molar-refractivity contribution in [1.29, 1.82) is 0 Å². The molecule has 1 amide bonds. The van der Waals surface area contributed by atoms with Gasteiger partial charge in [0.15, 0.2) is 0 Å². The number of nitrogens with two attached hydrogens (primary N) is 1. The van der Waals surface area contributed by atoms with Crippen molar-refractivity contribution in [3.63, 3.8) is 0 Å². The number of alkyl halides is 3. The molecular weight excluding hydrogens is 484 g/mol. The zero-order valence-electron chi connectivity index (χ0n) is 18.4. The highest BCUT2D eigenvalue weighted by atomic mass is 31.2. The molecule has 3 rings (SSSR count). The third-order valence-electron chi connectivity index (χ3n) is 4.96. The molecule has 0 aromatic heterocycles. The maximum absolute atomic E-state index is 12.9. The van der Waals surface area contributed by atoms with Crippen LogP contribution in [0.5, 0.6) is 5.75 Å². The van der Waals surface area contributed by atoms with Crippen LogP contribution in [0.4, 0.5) is 18.9 Å². The summed E-state index contributed by atoms with van der Waals surface area (Å²) < 4.78 is 49.0. The molecule has 3 aromatic carbocycles. The number of benzene rings is 3. The van der Waals surface area contributed by atoms with Gasteiger partial charge < -0.3 is 30.1 Å². The van der Waals surface area contributed by atoms with E-state index >= 15 is 0 Å². The molecule has 0 fully saturated rings. The van der Waals surface area contributed by atoms with Crippen LogP contribution in [0.3, 0.4) is 0 Å². The second-order valence-electron chi connectivity index (χ2n) is 7.54. The van der Waals surface area contributed by atoms with E-state index in [2.05, 4.69) is 9.84 Å². The van der Waals surface area contributed by atoms with Crippen molar-refractivity contribution < 1.29 is 37.0 Å². The molecule has 0 aliphatic carbocycles. The molecule has 5 N–H and O–H groups in total. The summed E-state index contributed by atoms with van der Waals surface area (Å²) in [6.45, 7) is 0.0504. The molecule has 0 spiro atoms. The van der Waals surface area contributed by atoms with Gasteiger partial charge in [0.1, 0.15) is 11.8 Å². The number of halogens is 3. The van der Waals surface area contributed by atoms with E-state index in [4.69, 9.17) is 20.3 Å². The van der Waals surface area contributed by atoms with Crippen molar-refractivity contribution in [2.75, 3.05) is 18.5 Å². The molecule has 0 bridgehead atoms. The summed E-state index contributed by atoms with van der Waals surface area (Å²) >= 11 is 0. The van der Waals surface area contributed by atoms with Crippen molar-refractivity contribution in [2.24, 2.45) is 5.73 Å². The normalized spacial score (nSPS) is 12.4. The Morgan fingerprint density at radius 1 is 1.00 bits per heavy atom. The Hall–Kier alpha value is -3.01. The largest absolute Gasteiger partial charge is 0.493 e. The zero-order valence-corrected chi connectivity index (χ0v) is 19.3. The topological polar surface area (TPSA) is 114 Å². The fraction of sp³-hybridized carbons (Fsp3) is 0.208. The molecular formula is C24H24F3N2O5P. The number of anilines is 1. The van der Waals surface area contributed by atoms with Crippen LogP contribution in [-0.2, 0) is 21.9 Å². The first-order chi connectivity index (χ1) is 16.6. The van der Waals surface area contributed by atoms with Crippen LogP contribution >= 0.6 is 8.60 Å². The van der Waals surface area contributed by atoms with Crippen LogP contribution in [0.2, 0.25) is 0 Å². The van der Waals surface area contributed by atoms with Crippen LogP contribution in [-0.4, -0.2) is 34.9 Å². The number of amides is 1. The summed E-state index contributed by atoms with van der Waals surface area (Å²) in [4.78, 5) is 29.4. The molecule has 1 unspecified atom stereocenters. The van der Waals surface area contributed by atoms with Gasteiger partial charge in [0.25, 0.3) is 0 Å². The standard InChI is InChI=1S/C24H24F3N2O5P/c25-24(26,27)19-3-1-2-18(14-19)17-6-4-16(5-7-17)12-13-33-21-10-8-20(9-11-21)29-23(30)22(28)15-34-35(31)32/h1-11,14,22,31-32H,12-13,15,28H2,(H,29,30). The van der Waals surface area contributed by atoms with E-state index in [1.165, 1.54) is 6.07 Å². The molecule has 0 aliphatic rings. The summed E-state index contributed by atoms with van der Waals surface area (Å²) in [7, 11) is -2.58. The van der Waals surface area contributed by atoms with Gasteiger partial charge in [0.2, 0.25) is 5.91 Å². The molecule has 0 aliphatic heterocycles. The number of hydrogen-bond acceptors (Lipinski definition) is 6. The SMILES string of the molecule is NC(COP(O)O)C(=O)Nc1ccc(OCCc2ccc(-c3cccc(C(F)(F)F)c3)cc2)cc1. The number of carbonyl (C=O) groups excluding carboxylic acids is 1. The molecule has 1 atom stereocenters. The Balaban J connectivity index is 1.48. The van der Waals surface area contributed by atoms with E-state index < -0.39 is 32.3 Å². The van der Waals surface area contributed by atoms with Gasteiger partial charge in [-0.05, 0) is 53.1 Å². The van der Waals surface area contributed by atoms with Crippen molar-refractivity contribution in [1.82, 2.24) is 0 Å². The Bertz CT molecular complexity index is 1110. The maximum Gasteiger partial charge on any atom is 0.416 e. The minimum atomic E-state index is -4.38. The molecule has 7 nitrogen and oxygen atoms in total. The van der Waals surface area contributed by atoms with Crippen molar-refractivity contribution in [2.45, 2.75) is 18.6 Å². The van der Waals surface area contributed by atoms with E-state index in [1.54, 1.807) is 42.5 Å². The fourth-order valence-corrected chi connectivity index (χ4v) is 3.41. The van der Waals surface area contributed by atoms with Crippen LogP contribution in [0, 0.1) is 0 Å². The maximum atomic E-state index is 12.9. The van der Waals surface area contributed by atoms with E-state index in [0.29, 0.717) is 35.6 Å². The van der Waals surface area contributed by atoms with E-state index in [0.717, 1.165) is 17.7 Å². The second kappa shape index (κ2) is 12.1. The number of nitrogens with one attached hydrogen (secondary N) is 1. The van der Waals surface area contributed by atoms with Gasteiger partial charge in [-0.15, -0.1) is 0 Å². The monoisotopic (exact) mass is 508 g/mol. The van der Waals surface area contributed by atoms with Gasteiger partial charge in [0, 0.05) is 12.1 Å². The van der Waals surface area contributed by atoms with Crippen LogP contribution in [0.1, 0.15) is 11.1 Å². The van der Waals surface area contributed by atoms with E-state index in [-0.39, 0.29) is 6.61 Å². The lowest BCUT2D eigenvalue weighted by atomic mass is 10.0. The number of carbonyl (C=O) groups is 1. The molecule has 11 heteroatoms. The third kappa shape index (κ3) is 8.31. The highest BCUT2D eigenvalue weighted by Gasteiger charge is 2.30. The predicted molar refractivity (Wildman–Crippen MR) is 126 cm³/mol. The third-order valence-corrected chi connectivity index (χ3v) is 5.34. The molecule has 0 heterocycles. The van der Waals surface area contributed by atoms with Gasteiger partial charge in [-0.3, -0.25) is 4.79 Å². The average Bonchev–Trinajstić information content (AvgIpc) is 2.83. The molecule has 0 saturated carbocycles. The lowest BCUT2D eigenvalue weighted by Crippen LogP contribution is -2.39. The molecule has 3 aromatic rings. The lowest BCUT2D eigenvalue weighted by Gasteiger charge is -2.13. The summed E-state index contributed by atoms with van der Waals surface area (Å²) in [6, 6.07) is 18.0. The van der Waals surface area contributed by atoms with Gasteiger partial charge >= 0.3 is 14.8 Å². The smallest absolute Gasteiger partial charge is 0.416 e. The van der Waals surface area contributed by atoms with Crippen LogP contribution in [0.25, 0.3) is 11.1 Å². The summed E-state index contributed by atoms with van der Waals surface area (Å²) in [5.74, 6) is 0.0477. The average molecular weight is 508 g/mol. The highest BCUT2D eigenvalue weighted by molar-refractivity contribution is 7.39. The van der Waals surface area contributed by atoms with Crippen LogP contribution in [0.15, 0.2) is 72.8 Å². The van der Waals surface area contributed by atoms with Crippen molar-refractivity contribution in [3.05, 3.63) is 83.9 Å². The Morgan fingerprint density at radius 3 is 2.31 bits per heavy atom. The van der Waals surface area contributed by atoms with Gasteiger partial charge in [0.05, 0.1) is 18.8 Å². The van der Waals surface area contributed by atoms with Crippen molar-refractivity contribution >= 4 is 20.2 Å². The van der Waals surface area contributed by atoms with E-state index in [9.17, 15) is 18.0 Å². The molecule has 0 saturated heterocycles. The van der Waals surface area contributed by atoms with Gasteiger partial charge in [-0.1, -0.05) is 36.4 Å². The number of ether oxygens (including phenoxy) is 1. The van der Waals surface area contributed by atoms with E-state index in [1.807, 2.05) is 12.1 Å². The number of hydrogen-bond donors (Lipinski definition) is 4. The summed E-state index contributed by atoms with van der Waals surface area (Å²) in [5.41, 5.74) is 7.57. The predicted octanol–water partition coefficient (Wildman–Crippen LogP) is 4.49. The first kappa shape index (κ1) is 26.6. The second-order valence-corrected chi connectivity index (χ2v) is 8.31. The highest BCUT2D eigenvalue weighted by Crippen LogP contribution is 2.32. The van der Waals surface area contributed by atoms with Crippen molar-refractivity contribution in [3.8, 4) is 16.9 Å². The fourth-order valence-electron chi connectivity index (χ4n) is 3.12. The van der Waals surface area contributed by atoms with Gasteiger partial charge in [-0.2, -0.15) is 13.2 Å². The minimum Gasteiger partial charge on any atom is -0.493 e. The Morgan fingerprint density at radius 2 is 1.69 bits per heavy atom. The minimum absolute atomic E-state index is 0.327. The Labute approximate surface area is 201 Å². The summed E-state index contributed by atoms with van der Waals surface area (Å²) in [5, 5.41) is 2.59. The first-order valence-electron chi connectivity index (χ1n) is 10.5. The number of rotatable bonds is 10. The summed E-state index contributed by atoms with van der Waals surface area (Å²) in [6.07, 6.45) is -3.79. The lowest BCUT2D eigenvalue weighted by molar-refractivity contribution is -0.137. The quantitative estimate of drug-likeness (QED) is 0.300.